The number of hydrogen-bond acceptors (Lipinski definition) is 3. The molecule has 0 radical (unpaired) electrons. The van der Waals surface area contributed by atoms with Gasteiger partial charge in [-0.05, 0) is 34.8 Å². The zero-order chi connectivity index (χ0) is 14.8. The average Bonchev–Trinajstić information content (AvgIpc) is 2.47. The molecule has 3 nitrogen and oxygen atoms in total. The van der Waals surface area contributed by atoms with Gasteiger partial charge in [0.2, 0.25) is 0 Å². The Bertz CT molecular complexity index is 487. The zero-order valence-corrected chi connectivity index (χ0v) is 14.3. The highest BCUT2D eigenvalue weighted by molar-refractivity contribution is 9.10. The first-order valence-corrected chi connectivity index (χ1v) is 8.07. The second kappa shape index (κ2) is 6.54. The second-order valence-electron chi connectivity index (χ2n) is 5.33. The molecule has 0 bridgehead atoms. The molecule has 0 aliphatic heterocycles. The number of benzene rings is 1. The molecule has 0 unspecified atom stereocenters. The number of hydrogen-bond donors (Lipinski definition) is 1. The van der Waals surface area contributed by atoms with E-state index >= 15 is 0 Å². The molecule has 0 saturated heterocycles. The molecule has 0 heterocycles. The predicted molar refractivity (Wildman–Crippen MR) is 86.1 cm³/mol. The number of rotatable bonds is 4. The van der Waals surface area contributed by atoms with Crippen LogP contribution in [0.5, 0.6) is 11.5 Å². The van der Waals surface area contributed by atoms with E-state index in [1.165, 1.54) is 19.3 Å². The van der Waals surface area contributed by atoms with Crippen molar-refractivity contribution < 1.29 is 9.47 Å². The third-order valence-corrected chi connectivity index (χ3v) is 5.17. The van der Waals surface area contributed by atoms with Crippen molar-refractivity contribution in [2.24, 2.45) is 5.73 Å². The van der Waals surface area contributed by atoms with Crippen molar-refractivity contribution in [3.8, 4) is 11.5 Å². The quantitative estimate of drug-likeness (QED) is 0.869. The molecule has 1 saturated carbocycles. The smallest absolute Gasteiger partial charge is 0.175 e. The van der Waals surface area contributed by atoms with Gasteiger partial charge in [-0.15, -0.1) is 0 Å². The van der Waals surface area contributed by atoms with Crippen LogP contribution < -0.4 is 15.2 Å². The molecule has 1 aliphatic rings. The molecule has 0 atom stereocenters. The van der Waals surface area contributed by atoms with E-state index in [4.69, 9.17) is 26.8 Å². The van der Waals surface area contributed by atoms with Crippen LogP contribution in [0.25, 0.3) is 0 Å². The van der Waals surface area contributed by atoms with Crippen molar-refractivity contribution in [3.05, 3.63) is 21.1 Å². The van der Waals surface area contributed by atoms with E-state index in [0.717, 1.165) is 22.9 Å². The van der Waals surface area contributed by atoms with Crippen LogP contribution in [-0.4, -0.2) is 20.8 Å². The van der Waals surface area contributed by atoms with Gasteiger partial charge in [0.15, 0.2) is 11.5 Å². The molecule has 0 spiro atoms. The molecule has 2 N–H and O–H groups in total. The lowest BCUT2D eigenvalue weighted by Gasteiger charge is -2.38. The third kappa shape index (κ3) is 2.66. The van der Waals surface area contributed by atoms with Crippen LogP contribution in [0.15, 0.2) is 10.5 Å². The van der Waals surface area contributed by atoms with Gasteiger partial charge >= 0.3 is 0 Å². The fourth-order valence-corrected chi connectivity index (χ4v) is 4.34. The van der Waals surface area contributed by atoms with Gasteiger partial charge in [0, 0.05) is 22.5 Å². The number of nitrogens with two attached hydrogens (primary N) is 1. The Kier molecular flexibility index (Phi) is 5.21. The van der Waals surface area contributed by atoms with Crippen molar-refractivity contribution in [1.29, 1.82) is 0 Å². The summed E-state index contributed by atoms with van der Waals surface area (Å²) in [4.78, 5) is 0. The minimum Gasteiger partial charge on any atom is -0.492 e. The topological polar surface area (TPSA) is 44.5 Å². The monoisotopic (exact) mass is 361 g/mol. The molecule has 2 rings (SSSR count). The van der Waals surface area contributed by atoms with Crippen LogP contribution in [0.1, 0.15) is 37.7 Å². The van der Waals surface area contributed by atoms with Crippen LogP contribution in [0.4, 0.5) is 0 Å². The summed E-state index contributed by atoms with van der Waals surface area (Å²) in [7, 11) is 3.29. The van der Waals surface area contributed by atoms with Crippen molar-refractivity contribution in [2.75, 3.05) is 20.8 Å². The van der Waals surface area contributed by atoms with Crippen LogP contribution in [-0.2, 0) is 5.41 Å². The van der Waals surface area contributed by atoms with E-state index in [1.54, 1.807) is 14.2 Å². The summed E-state index contributed by atoms with van der Waals surface area (Å²) in [6, 6.07) is 1.88. The van der Waals surface area contributed by atoms with Crippen molar-refractivity contribution >= 4 is 27.5 Å². The SMILES string of the molecule is COc1c(Br)cc(Cl)c(C2(CN)CCCCC2)c1OC. The van der Waals surface area contributed by atoms with Crippen LogP contribution >= 0.6 is 27.5 Å². The van der Waals surface area contributed by atoms with Crippen LogP contribution in [0.2, 0.25) is 5.02 Å². The van der Waals surface area contributed by atoms with E-state index in [9.17, 15) is 0 Å². The second-order valence-corrected chi connectivity index (χ2v) is 6.59. The van der Waals surface area contributed by atoms with Gasteiger partial charge in [-0.3, -0.25) is 0 Å². The van der Waals surface area contributed by atoms with E-state index in [-0.39, 0.29) is 5.41 Å². The minimum absolute atomic E-state index is 0.103. The number of halogens is 2. The molecule has 1 aliphatic carbocycles. The van der Waals surface area contributed by atoms with Gasteiger partial charge in [-0.25, -0.2) is 0 Å². The van der Waals surface area contributed by atoms with Gasteiger partial charge in [0.25, 0.3) is 0 Å². The van der Waals surface area contributed by atoms with E-state index in [2.05, 4.69) is 15.9 Å². The Morgan fingerprint density at radius 2 is 1.80 bits per heavy atom. The van der Waals surface area contributed by atoms with E-state index in [0.29, 0.717) is 23.1 Å². The maximum absolute atomic E-state index is 6.52. The minimum atomic E-state index is -0.103. The Labute approximate surface area is 133 Å². The summed E-state index contributed by atoms with van der Waals surface area (Å²) < 4.78 is 11.9. The molecule has 0 aromatic heterocycles. The Balaban J connectivity index is 2.65. The summed E-state index contributed by atoms with van der Waals surface area (Å²) in [5.41, 5.74) is 7.03. The molecular formula is C15H21BrClNO2. The average molecular weight is 363 g/mol. The fourth-order valence-electron chi connectivity index (χ4n) is 3.24. The summed E-state index contributed by atoms with van der Waals surface area (Å²) in [6.07, 6.45) is 5.70. The summed E-state index contributed by atoms with van der Waals surface area (Å²) >= 11 is 10.00. The van der Waals surface area contributed by atoms with Gasteiger partial charge in [0.1, 0.15) is 0 Å². The van der Waals surface area contributed by atoms with Crippen molar-refractivity contribution in [2.45, 2.75) is 37.5 Å². The lowest BCUT2D eigenvalue weighted by atomic mass is 9.69. The Morgan fingerprint density at radius 1 is 1.20 bits per heavy atom. The first-order chi connectivity index (χ1) is 9.59. The van der Waals surface area contributed by atoms with Crippen molar-refractivity contribution in [1.82, 2.24) is 0 Å². The molecule has 1 aromatic rings. The number of methoxy groups -OCH3 is 2. The molecule has 1 fully saturated rings. The maximum atomic E-state index is 6.52. The van der Waals surface area contributed by atoms with Gasteiger partial charge in [-0.2, -0.15) is 0 Å². The van der Waals surface area contributed by atoms with Crippen molar-refractivity contribution in [3.63, 3.8) is 0 Å². The molecule has 0 amide bonds. The predicted octanol–water partition coefficient (Wildman–Crippen LogP) is 4.28. The fraction of sp³-hybridized carbons (Fsp3) is 0.600. The molecular weight excluding hydrogens is 342 g/mol. The highest BCUT2D eigenvalue weighted by atomic mass is 79.9. The van der Waals surface area contributed by atoms with E-state index < -0.39 is 0 Å². The first-order valence-electron chi connectivity index (χ1n) is 6.90. The summed E-state index contributed by atoms with van der Waals surface area (Å²) in [5, 5.41) is 0.696. The third-order valence-electron chi connectivity index (χ3n) is 4.28. The van der Waals surface area contributed by atoms with Gasteiger partial charge in [0.05, 0.1) is 18.7 Å². The zero-order valence-electron chi connectivity index (χ0n) is 12.0. The lowest BCUT2D eigenvalue weighted by molar-refractivity contribution is 0.281. The highest BCUT2D eigenvalue weighted by Crippen LogP contribution is 2.51. The Morgan fingerprint density at radius 3 is 2.30 bits per heavy atom. The molecule has 1 aromatic carbocycles. The first kappa shape index (κ1) is 15.9. The lowest BCUT2D eigenvalue weighted by Crippen LogP contribution is -2.37. The standard InChI is InChI=1S/C15H21BrClNO2/c1-19-13-10(16)8-11(17)12(14(13)20-2)15(9-18)6-4-3-5-7-15/h8H,3-7,9,18H2,1-2H3. The molecule has 20 heavy (non-hydrogen) atoms. The Hall–Kier alpha value is -0.450. The van der Waals surface area contributed by atoms with Gasteiger partial charge in [-0.1, -0.05) is 30.9 Å². The van der Waals surface area contributed by atoms with Gasteiger partial charge < -0.3 is 15.2 Å². The maximum Gasteiger partial charge on any atom is 0.175 e. The number of ether oxygens (including phenoxy) is 2. The van der Waals surface area contributed by atoms with Crippen LogP contribution in [0, 0.1) is 0 Å². The van der Waals surface area contributed by atoms with E-state index in [1.807, 2.05) is 6.07 Å². The summed E-state index contributed by atoms with van der Waals surface area (Å²) in [5.74, 6) is 1.39. The molecule has 112 valence electrons. The largest absolute Gasteiger partial charge is 0.492 e. The summed E-state index contributed by atoms with van der Waals surface area (Å²) in [6.45, 7) is 0.577. The highest BCUT2D eigenvalue weighted by Gasteiger charge is 2.38. The normalized spacial score (nSPS) is 17.9. The molecule has 5 heteroatoms. The van der Waals surface area contributed by atoms with Crippen LogP contribution in [0.3, 0.4) is 0 Å².